The Kier molecular flexibility index (Phi) is 5.16. The molecule has 0 bridgehead atoms. The Morgan fingerprint density at radius 3 is 2.48 bits per heavy atom. The van der Waals surface area contributed by atoms with Crippen LogP contribution in [0.1, 0.15) is 29.9 Å². The van der Waals surface area contributed by atoms with Crippen LogP contribution in [-0.4, -0.2) is 30.3 Å². The van der Waals surface area contributed by atoms with Crippen molar-refractivity contribution in [2.45, 2.75) is 26.1 Å². The summed E-state index contributed by atoms with van der Waals surface area (Å²) in [5, 5.41) is 3.78. The monoisotopic (exact) mass is 434 g/mol. The minimum absolute atomic E-state index is 0.0310. The molecule has 4 rings (SSSR count). The van der Waals surface area contributed by atoms with E-state index in [0.29, 0.717) is 58.6 Å². The summed E-state index contributed by atoms with van der Waals surface area (Å²) in [5.74, 6) is 2.26. The largest absolute Gasteiger partial charge is 0.493 e. The molecule has 31 heavy (non-hydrogen) atoms. The number of ether oxygens (including phenoxy) is 3. The number of nitrogens with two attached hydrogens (primary N) is 1. The van der Waals surface area contributed by atoms with Crippen molar-refractivity contribution in [2.24, 2.45) is 0 Å². The van der Waals surface area contributed by atoms with Crippen LogP contribution in [0.15, 0.2) is 24.3 Å². The Morgan fingerprint density at radius 2 is 1.81 bits per heavy atom. The second-order valence-corrected chi connectivity index (χ2v) is 7.20. The van der Waals surface area contributed by atoms with Crippen LogP contribution >= 0.6 is 0 Å². The fourth-order valence-electron chi connectivity index (χ4n) is 3.51. The number of rotatable bonds is 4. The maximum Gasteiger partial charge on any atom is 0.416 e. The quantitative estimate of drug-likeness (QED) is 0.585. The Balaban J connectivity index is 1.79. The highest BCUT2D eigenvalue weighted by atomic mass is 19.4. The number of nitrogen functional groups attached to an aromatic ring is 1. The molecule has 1 unspecified atom stereocenters. The van der Waals surface area contributed by atoms with Gasteiger partial charge in [0.2, 0.25) is 5.75 Å². The maximum atomic E-state index is 13.2. The van der Waals surface area contributed by atoms with Gasteiger partial charge >= 0.3 is 6.18 Å². The Bertz CT molecular complexity index is 1150. The van der Waals surface area contributed by atoms with Gasteiger partial charge in [-0.3, -0.25) is 0 Å². The van der Waals surface area contributed by atoms with Crippen LogP contribution in [-0.2, 0) is 6.18 Å². The summed E-state index contributed by atoms with van der Waals surface area (Å²) in [6.07, 6.45) is -4.49. The van der Waals surface area contributed by atoms with Crippen LogP contribution in [0.5, 0.6) is 17.2 Å². The molecular formula is C21H21F3N4O3. The van der Waals surface area contributed by atoms with E-state index in [4.69, 9.17) is 19.9 Å². The number of alkyl halides is 3. The summed E-state index contributed by atoms with van der Waals surface area (Å²) in [6.45, 7) is 4.20. The SMILES string of the molecule is COc1cc2c(NC(C)c3cc(N)cc(C(F)(F)F)c3)nc(C)nc2c2c1OCCO2. The van der Waals surface area contributed by atoms with E-state index in [9.17, 15) is 13.2 Å². The van der Waals surface area contributed by atoms with E-state index in [1.165, 1.54) is 13.2 Å². The predicted octanol–water partition coefficient (Wildman–Crippen LogP) is 4.49. The highest BCUT2D eigenvalue weighted by Gasteiger charge is 2.31. The van der Waals surface area contributed by atoms with E-state index in [2.05, 4.69) is 15.3 Å². The smallest absolute Gasteiger partial charge is 0.416 e. The maximum absolute atomic E-state index is 13.2. The number of hydrogen-bond donors (Lipinski definition) is 2. The molecule has 0 amide bonds. The second kappa shape index (κ2) is 7.68. The number of benzene rings is 2. The van der Waals surface area contributed by atoms with Crippen LogP contribution in [0.4, 0.5) is 24.7 Å². The van der Waals surface area contributed by atoms with Crippen molar-refractivity contribution >= 4 is 22.4 Å². The van der Waals surface area contributed by atoms with E-state index in [1.807, 2.05) is 0 Å². The average Bonchev–Trinajstić information content (AvgIpc) is 2.72. The van der Waals surface area contributed by atoms with E-state index in [0.717, 1.165) is 12.1 Å². The summed E-state index contributed by atoms with van der Waals surface area (Å²) in [5.41, 5.74) is 5.85. The second-order valence-electron chi connectivity index (χ2n) is 7.20. The van der Waals surface area contributed by atoms with Crippen molar-refractivity contribution in [1.29, 1.82) is 0 Å². The molecule has 1 atom stereocenters. The number of fused-ring (bicyclic) bond motifs is 3. The van der Waals surface area contributed by atoms with Crippen molar-refractivity contribution in [3.8, 4) is 17.2 Å². The molecule has 0 spiro atoms. The molecule has 1 aromatic heterocycles. The first-order valence-corrected chi connectivity index (χ1v) is 9.56. The van der Waals surface area contributed by atoms with Crippen molar-refractivity contribution in [1.82, 2.24) is 9.97 Å². The molecule has 10 heteroatoms. The van der Waals surface area contributed by atoms with E-state index < -0.39 is 17.8 Å². The molecule has 3 N–H and O–H groups in total. The van der Waals surface area contributed by atoms with Crippen LogP contribution in [0.2, 0.25) is 0 Å². The van der Waals surface area contributed by atoms with Crippen molar-refractivity contribution in [3.63, 3.8) is 0 Å². The summed E-state index contributed by atoms with van der Waals surface area (Å²) in [6, 6.07) is 4.68. The van der Waals surface area contributed by atoms with Crippen molar-refractivity contribution in [2.75, 3.05) is 31.4 Å². The zero-order valence-electron chi connectivity index (χ0n) is 17.1. The van der Waals surface area contributed by atoms with E-state index in [1.54, 1.807) is 19.9 Å². The van der Waals surface area contributed by atoms with Crippen LogP contribution < -0.4 is 25.3 Å². The molecule has 7 nitrogen and oxygen atoms in total. The molecule has 164 valence electrons. The molecule has 0 fully saturated rings. The third-order valence-corrected chi connectivity index (χ3v) is 4.93. The number of methoxy groups -OCH3 is 1. The third-order valence-electron chi connectivity index (χ3n) is 4.93. The van der Waals surface area contributed by atoms with E-state index >= 15 is 0 Å². The van der Waals surface area contributed by atoms with E-state index in [-0.39, 0.29) is 5.69 Å². The lowest BCUT2D eigenvalue weighted by molar-refractivity contribution is -0.137. The zero-order chi connectivity index (χ0) is 22.3. The number of nitrogens with zero attached hydrogens (tertiary/aromatic N) is 2. The summed E-state index contributed by atoms with van der Waals surface area (Å²) in [7, 11) is 1.51. The van der Waals surface area contributed by atoms with Gasteiger partial charge in [0.25, 0.3) is 0 Å². The van der Waals surface area contributed by atoms with Crippen LogP contribution in [0, 0.1) is 6.92 Å². The average molecular weight is 434 g/mol. The van der Waals surface area contributed by atoms with Gasteiger partial charge in [0.15, 0.2) is 11.5 Å². The Labute approximate surface area is 176 Å². The number of anilines is 2. The molecule has 1 aliphatic heterocycles. The van der Waals surface area contributed by atoms with Gasteiger partial charge in [0.1, 0.15) is 30.4 Å². The van der Waals surface area contributed by atoms with Gasteiger partial charge in [0.05, 0.1) is 24.1 Å². The van der Waals surface area contributed by atoms with Crippen LogP contribution in [0.25, 0.3) is 10.9 Å². The molecular weight excluding hydrogens is 413 g/mol. The summed E-state index contributed by atoms with van der Waals surface area (Å²) >= 11 is 0. The van der Waals surface area contributed by atoms with Gasteiger partial charge in [-0.2, -0.15) is 13.2 Å². The molecule has 0 saturated carbocycles. The molecule has 1 aliphatic rings. The molecule has 0 aliphatic carbocycles. The number of aryl methyl sites for hydroxylation is 1. The highest BCUT2D eigenvalue weighted by molar-refractivity contribution is 5.97. The van der Waals surface area contributed by atoms with Gasteiger partial charge in [0, 0.05) is 5.69 Å². The highest BCUT2D eigenvalue weighted by Crippen LogP contribution is 2.46. The van der Waals surface area contributed by atoms with Crippen molar-refractivity contribution < 1.29 is 27.4 Å². The summed E-state index contributed by atoms with van der Waals surface area (Å²) < 4.78 is 56.5. The number of nitrogens with one attached hydrogen (secondary N) is 1. The summed E-state index contributed by atoms with van der Waals surface area (Å²) in [4.78, 5) is 8.94. The molecule has 2 heterocycles. The molecule has 3 aromatic rings. The lowest BCUT2D eigenvalue weighted by Crippen LogP contribution is -2.17. The third kappa shape index (κ3) is 3.97. The Hall–Kier alpha value is -3.43. The number of halogens is 3. The minimum atomic E-state index is -4.49. The molecule has 0 radical (unpaired) electrons. The van der Waals surface area contributed by atoms with Crippen LogP contribution in [0.3, 0.4) is 0 Å². The van der Waals surface area contributed by atoms with Gasteiger partial charge < -0.3 is 25.3 Å². The lowest BCUT2D eigenvalue weighted by atomic mass is 10.0. The fourth-order valence-corrected chi connectivity index (χ4v) is 3.51. The zero-order valence-corrected chi connectivity index (χ0v) is 17.1. The topological polar surface area (TPSA) is 91.5 Å². The number of hydrogen-bond acceptors (Lipinski definition) is 7. The van der Waals surface area contributed by atoms with Crippen molar-refractivity contribution in [3.05, 3.63) is 41.2 Å². The molecule has 0 saturated heterocycles. The minimum Gasteiger partial charge on any atom is -0.493 e. The first-order valence-electron chi connectivity index (χ1n) is 9.56. The lowest BCUT2D eigenvalue weighted by Gasteiger charge is -2.23. The van der Waals surface area contributed by atoms with Gasteiger partial charge in [-0.25, -0.2) is 9.97 Å². The fraction of sp³-hybridized carbons (Fsp3) is 0.333. The standard InChI is InChI=1S/C21H21F3N4O3/c1-10(12-6-13(21(22,23)24)8-14(25)7-12)26-20-15-9-16(29-3)18-19(31-5-4-30-18)17(15)27-11(2)28-20/h6-10H,4-5,25H2,1-3H3,(H,26,27,28). The number of aromatic nitrogens is 2. The van der Waals surface area contributed by atoms with Gasteiger partial charge in [-0.1, -0.05) is 0 Å². The normalized spacial score (nSPS) is 14.4. The van der Waals surface area contributed by atoms with Gasteiger partial charge in [-0.15, -0.1) is 0 Å². The Morgan fingerprint density at radius 1 is 1.10 bits per heavy atom. The molecule has 2 aromatic carbocycles. The van der Waals surface area contributed by atoms with Gasteiger partial charge in [-0.05, 0) is 43.7 Å². The first-order chi connectivity index (χ1) is 14.7. The first kappa shape index (κ1) is 20.8. The predicted molar refractivity (Wildman–Crippen MR) is 110 cm³/mol.